The van der Waals surface area contributed by atoms with Crippen LogP contribution < -0.4 is 22.1 Å². The molecule has 0 bridgehead atoms. The third-order valence-electron chi connectivity index (χ3n) is 6.01. The highest BCUT2D eigenvalue weighted by Crippen LogP contribution is 2.46. The van der Waals surface area contributed by atoms with Gasteiger partial charge in [0.05, 0.1) is 16.9 Å². The van der Waals surface area contributed by atoms with Crippen molar-refractivity contribution in [1.29, 1.82) is 0 Å². The highest BCUT2D eigenvalue weighted by atomic mass is 35.5. The first-order valence-electron chi connectivity index (χ1n) is 9.33. The molecule has 2 heterocycles. The summed E-state index contributed by atoms with van der Waals surface area (Å²) < 4.78 is 0. The van der Waals surface area contributed by atoms with E-state index in [9.17, 15) is 0 Å². The minimum atomic E-state index is 0.329. The number of halogens is 1. The SMILES string of the molecule is Nc1cccc(Sc2ncc(N3CCC4(CCCC4N)CC3)nc2N)c1Cl. The summed E-state index contributed by atoms with van der Waals surface area (Å²) in [6.07, 6.45) is 7.70. The van der Waals surface area contributed by atoms with E-state index in [1.54, 1.807) is 12.3 Å². The fourth-order valence-corrected chi connectivity index (χ4v) is 5.35. The normalized spacial score (nSPS) is 21.7. The molecule has 1 atom stereocenters. The molecule has 1 unspecified atom stereocenters. The van der Waals surface area contributed by atoms with Crippen molar-refractivity contribution in [3.8, 4) is 0 Å². The Kier molecular flexibility index (Phi) is 5.09. The van der Waals surface area contributed by atoms with Crippen molar-refractivity contribution in [2.75, 3.05) is 29.5 Å². The van der Waals surface area contributed by atoms with Crippen molar-refractivity contribution in [3.63, 3.8) is 0 Å². The molecular weight excluding hydrogens is 380 g/mol. The number of benzene rings is 1. The second-order valence-corrected chi connectivity index (χ2v) is 8.94. The minimum Gasteiger partial charge on any atom is -0.397 e. The Bertz CT molecular complexity index is 837. The van der Waals surface area contributed by atoms with E-state index in [4.69, 9.17) is 28.8 Å². The second kappa shape index (κ2) is 7.37. The highest BCUT2D eigenvalue weighted by molar-refractivity contribution is 7.99. The summed E-state index contributed by atoms with van der Waals surface area (Å²) in [6.45, 7) is 1.91. The third-order valence-corrected chi connectivity index (χ3v) is 7.61. The van der Waals surface area contributed by atoms with Gasteiger partial charge in [0.1, 0.15) is 10.8 Å². The van der Waals surface area contributed by atoms with Gasteiger partial charge >= 0.3 is 0 Å². The number of anilines is 3. The van der Waals surface area contributed by atoms with Crippen LogP contribution in [-0.4, -0.2) is 29.1 Å². The van der Waals surface area contributed by atoms with Gasteiger partial charge in [0.15, 0.2) is 5.82 Å². The van der Waals surface area contributed by atoms with Gasteiger partial charge in [0.2, 0.25) is 0 Å². The lowest BCUT2D eigenvalue weighted by atomic mass is 9.74. The Morgan fingerprint density at radius 1 is 1.19 bits per heavy atom. The molecule has 1 spiro atoms. The van der Waals surface area contributed by atoms with Crippen molar-refractivity contribution in [1.82, 2.24) is 9.97 Å². The van der Waals surface area contributed by atoms with Crippen molar-refractivity contribution >= 4 is 40.7 Å². The fourth-order valence-electron chi connectivity index (χ4n) is 4.29. The van der Waals surface area contributed by atoms with E-state index < -0.39 is 0 Å². The molecule has 2 fully saturated rings. The van der Waals surface area contributed by atoms with Gasteiger partial charge in [0, 0.05) is 24.0 Å². The Morgan fingerprint density at radius 2 is 1.96 bits per heavy atom. The van der Waals surface area contributed by atoms with Crippen LogP contribution in [0.15, 0.2) is 34.3 Å². The monoisotopic (exact) mass is 404 g/mol. The molecule has 2 aromatic rings. The standard InChI is InChI=1S/C19H25ClN6S/c20-16-12(21)3-1-4-13(16)27-18-17(23)25-15(11-24-18)26-9-7-19(8-10-26)6-2-5-14(19)22/h1,3-4,11,14H,2,5-10,21-22H2,(H2,23,25). The van der Waals surface area contributed by atoms with E-state index >= 15 is 0 Å². The van der Waals surface area contributed by atoms with Crippen LogP contribution in [0.3, 0.4) is 0 Å². The van der Waals surface area contributed by atoms with Crippen LogP contribution >= 0.6 is 23.4 Å². The van der Waals surface area contributed by atoms with Crippen molar-refractivity contribution in [3.05, 3.63) is 29.4 Å². The molecule has 1 aliphatic carbocycles. The maximum Gasteiger partial charge on any atom is 0.158 e. The number of nitrogen functional groups attached to an aromatic ring is 2. The average molecular weight is 405 g/mol. The summed E-state index contributed by atoms with van der Waals surface area (Å²) in [5.41, 5.74) is 19.3. The van der Waals surface area contributed by atoms with Gasteiger partial charge in [-0.25, -0.2) is 9.97 Å². The third kappa shape index (κ3) is 3.56. The number of nitrogens with two attached hydrogens (primary N) is 3. The first-order valence-corrected chi connectivity index (χ1v) is 10.5. The maximum absolute atomic E-state index is 6.38. The van der Waals surface area contributed by atoms with Gasteiger partial charge in [-0.2, -0.15) is 0 Å². The number of aromatic nitrogens is 2. The zero-order chi connectivity index (χ0) is 19.0. The number of rotatable bonds is 3. The lowest BCUT2D eigenvalue weighted by Gasteiger charge is -2.42. The summed E-state index contributed by atoms with van der Waals surface area (Å²) >= 11 is 7.65. The van der Waals surface area contributed by atoms with Crippen LogP contribution in [0.5, 0.6) is 0 Å². The number of hydrogen-bond acceptors (Lipinski definition) is 7. The molecule has 1 aliphatic heterocycles. The molecule has 27 heavy (non-hydrogen) atoms. The van der Waals surface area contributed by atoms with E-state index in [0.717, 1.165) is 43.1 Å². The Hall–Kier alpha value is -1.70. The number of nitrogens with zero attached hydrogens (tertiary/aromatic N) is 3. The van der Waals surface area contributed by atoms with Gasteiger partial charge in [-0.05, 0) is 43.2 Å². The minimum absolute atomic E-state index is 0.329. The van der Waals surface area contributed by atoms with Crippen LogP contribution in [0.25, 0.3) is 0 Å². The predicted octanol–water partition coefficient (Wildman–Crippen LogP) is 3.54. The number of piperidine rings is 1. The zero-order valence-corrected chi connectivity index (χ0v) is 16.8. The molecular formula is C19H25ClN6S. The molecule has 8 heteroatoms. The topological polar surface area (TPSA) is 107 Å². The first-order chi connectivity index (χ1) is 13.0. The Balaban J connectivity index is 1.47. The van der Waals surface area contributed by atoms with E-state index in [0.29, 0.717) is 33.0 Å². The van der Waals surface area contributed by atoms with Gasteiger partial charge < -0.3 is 22.1 Å². The Morgan fingerprint density at radius 3 is 2.63 bits per heavy atom. The average Bonchev–Trinajstić information content (AvgIpc) is 3.01. The molecule has 1 aromatic heterocycles. The second-order valence-electron chi connectivity index (χ2n) is 7.53. The molecule has 144 valence electrons. The van der Waals surface area contributed by atoms with E-state index in [-0.39, 0.29) is 0 Å². The van der Waals surface area contributed by atoms with Crippen LogP contribution in [-0.2, 0) is 0 Å². The molecule has 1 saturated heterocycles. The zero-order valence-electron chi connectivity index (χ0n) is 15.2. The van der Waals surface area contributed by atoms with Gasteiger partial charge in [-0.1, -0.05) is 35.9 Å². The van der Waals surface area contributed by atoms with Crippen molar-refractivity contribution in [2.24, 2.45) is 11.1 Å². The molecule has 6 N–H and O–H groups in total. The van der Waals surface area contributed by atoms with E-state index in [2.05, 4.69) is 14.9 Å². The summed E-state index contributed by atoms with van der Waals surface area (Å²) in [5.74, 6) is 1.24. The molecule has 6 nitrogen and oxygen atoms in total. The molecule has 0 radical (unpaired) electrons. The molecule has 1 saturated carbocycles. The number of hydrogen-bond donors (Lipinski definition) is 3. The summed E-state index contributed by atoms with van der Waals surface area (Å²) in [4.78, 5) is 12.2. The smallest absolute Gasteiger partial charge is 0.158 e. The highest BCUT2D eigenvalue weighted by Gasteiger charge is 2.43. The molecule has 0 amide bonds. The van der Waals surface area contributed by atoms with Crippen LogP contribution in [0.4, 0.5) is 17.3 Å². The van der Waals surface area contributed by atoms with Crippen molar-refractivity contribution in [2.45, 2.75) is 48.1 Å². The van der Waals surface area contributed by atoms with E-state index in [1.165, 1.54) is 24.6 Å². The molecule has 4 rings (SSSR count). The van der Waals surface area contributed by atoms with Gasteiger partial charge in [0.25, 0.3) is 0 Å². The quantitative estimate of drug-likeness (QED) is 0.671. The molecule has 1 aromatic carbocycles. The summed E-state index contributed by atoms with van der Waals surface area (Å²) in [7, 11) is 0. The van der Waals surface area contributed by atoms with Crippen LogP contribution in [0.1, 0.15) is 32.1 Å². The lowest BCUT2D eigenvalue weighted by Crippen LogP contribution is -2.47. The van der Waals surface area contributed by atoms with E-state index in [1.807, 2.05) is 12.1 Å². The molecule has 2 aliphatic rings. The summed E-state index contributed by atoms with van der Waals surface area (Å²) in [5, 5.41) is 1.15. The maximum atomic E-state index is 6.38. The largest absolute Gasteiger partial charge is 0.397 e. The Labute approximate surface area is 168 Å². The van der Waals surface area contributed by atoms with Crippen molar-refractivity contribution < 1.29 is 0 Å². The van der Waals surface area contributed by atoms with Crippen LogP contribution in [0.2, 0.25) is 5.02 Å². The first kappa shape index (κ1) is 18.7. The predicted molar refractivity (Wildman–Crippen MR) is 112 cm³/mol. The fraction of sp³-hybridized carbons (Fsp3) is 0.474. The lowest BCUT2D eigenvalue weighted by molar-refractivity contribution is 0.197. The van der Waals surface area contributed by atoms with Crippen LogP contribution in [0, 0.1) is 5.41 Å². The van der Waals surface area contributed by atoms with Gasteiger partial charge in [-0.15, -0.1) is 0 Å². The summed E-state index contributed by atoms with van der Waals surface area (Å²) in [6, 6.07) is 5.87. The van der Waals surface area contributed by atoms with Gasteiger partial charge in [-0.3, -0.25) is 0 Å².